The van der Waals surface area contributed by atoms with Gasteiger partial charge in [-0.3, -0.25) is 4.79 Å². The van der Waals surface area contributed by atoms with Gasteiger partial charge in [-0.05, 0) is 12.8 Å². The normalized spacial score (nSPS) is 26.8. The number of thiazole rings is 1. The fraction of sp³-hybridized carbons (Fsp3) is 0.500. The number of aliphatic hydroxyl groups is 1. The van der Waals surface area contributed by atoms with E-state index >= 15 is 0 Å². The number of rotatable bonds is 3. The maximum atomic E-state index is 10.8. The lowest BCUT2D eigenvalue weighted by Gasteiger charge is -2.14. The summed E-state index contributed by atoms with van der Waals surface area (Å²) < 4.78 is 0.280. The van der Waals surface area contributed by atoms with Gasteiger partial charge >= 0.3 is 5.97 Å². The Bertz CT molecular complexity index is 513. The van der Waals surface area contributed by atoms with Crippen molar-refractivity contribution in [2.45, 2.75) is 25.0 Å². The van der Waals surface area contributed by atoms with E-state index in [9.17, 15) is 9.90 Å². The van der Waals surface area contributed by atoms with Crippen molar-refractivity contribution in [3.63, 3.8) is 0 Å². The predicted molar refractivity (Wildman–Crippen MR) is 65.6 cm³/mol. The maximum Gasteiger partial charge on any atom is 0.306 e. The second-order valence-electron chi connectivity index (χ2n) is 4.08. The molecule has 1 saturated carbocycles. The third kappa shape index (κ3) is 2.56. The molecular formula is C10H10ClN3O3S. The molecule has 1 aromatic heterocycles. The fourth-order valence-corrected chi connectivity index (χ4v) is 2.97. The largest absolute Gasteiger partial charge is 0.481 e. The molecule has 1 aromatic rings. The molecule has 0 amide bonds. The van der Waals surface area contributed by atoms with Crippen LogP contribution in [0, 0.1) is 17.2 Å². The van der Waals surface area contributed by atoms with E-state index in [1.54, 1.807) is 0 Å². The Hall–Kier alpha value is -1.36. The average molecular weight is 288 g/mol. The van der Waals surface area contributed by atoms with Crippen LogP contribution in [-0.2, 0) is 4.79 Å². The van der Waals surface area contributed by atoms with Crippen molar-refractivity contribution >= 4 is 34.0 Å². The van der Waals surface area contributed by atoms with Crippen molar-refractivity contribution in [3.8, 4) is 6.07 Å². The van der Waals surface area contributed by atoms with Crippen LogP contribution in [0.1, 0.15) is 18.5 Å². The van der Waals surface area contributed by atoms with E-state index in [-0.39, 0.29) is 22.5 Å². The first-order chi connectivity index (χ1) is 8.51. The molecule has 0 radical (unpaired) electrons. The molecule has 1 aliphatic rings. The summed E-state index contributed by atoms with van der Waals surface area (Å²) in [4.78, 5) is 14.8. The monoisotopic (exact) mass is 287 g/mol. The molecule has 0 bridgehead atoms. The minimum absolute atomic E-state index is 0.131. The van der Waals surface area contributed by atoms with Crippen molar-refractivity contribution in [1.29, 1.82) is 5.26 Å². The first-order valence-corrected chi connectivity index (χ1v) is 6.44. The third-order valence-corrected chi connectivity index (χ3v) is 4.06. The van der Waals surface area contributed by atoms with Crippen molar-refractivity contribution in [3.05, 3.63) is 10.0 Å². The summed E-state index contributed by atoms with van der Waals surface area (Å²) in [6, 6.07) is 1.47. The van der Waals surface area contributed by atoms with Gasteiger partial charge in [0.15, 0.2) is 10.8 Å². The number of halogens is 1. The third-order valence-electron chi connectivity index (χ3n) is 2.88. The number of anilines is 1. The van der Waals surface area contributed by atoms with E-state index in [0.717, 1.165) is 11.3 Å². The number of carboxylic acids is 1. The number of nitrogens with zero attached hydrogens (tertiary/aromatic N) is 2. The maximum absolute atomic E-state index is 10.8. The van der Waals surface area contributed by atoms with Crippen LogP contribution in [0.3, 0.4) is 0 Å². The number of hydrogen-bond acceptors (Lipinski definition) is 6. The quantitative estimate of drug-likeness (QED) is 0.774. The summed E-state index contributed by atoms with van der Waals surface area (Å²) in [5, 5.41) is 30.7. The number of nitrogens with one attached hydrogen (secondary N) is 1. The summed E-state index contributed by atoms with van der Waals surface area (Å²) in [7, 11) is 0. The highest BCUT2D eigenvalue weighted by Gasteiger charge is 2.37. The molecule has 1 fully saturated rings. The van der Waals surface area contributed by atoms with Gasteiger partial charge in [0.25, 0.3) is 0 Å². The van der Waals surface area contributed by atoms with Crippen molar-refractivity contribution in [1.82, 2.24) is 4.98 Å². The molecule has 96 valence electrons. The molecule has 3 atom stereocenters. The number of aromatic nitrogens is 1. The van der Waals surface area contributed by atoms with E-state index in [1.165, 1.54) is 0 Å². The lowest BCUT2D eigenvalue weighted by atomic mass is 10.1. The van der Waals surface area contributed by atoms with Gasteiger partial charge in [-0.25, -0.2) is 4.98 Å². The molecule has 0 aliphatic heterocycles. The molecule has 3 unspecified atom stereocenters. The lowest BCUT2D eigenvalue weighted by Crippen LogP contribution is -2.27. The minimum Gasteiger partial charge on any atom is -0.481 e. The van der Waals surface area contributed by atoms with Gasteiger partial charge in [0.2, 0.25) is 0 Å². The zero-order valence-electron chi connectivity index (χ0n) is 9.13. The summed E-state index contributed by atoms with van der Waals surface area (Å²) in [5.74, 6) is -1.46. The molecule has 0 aromatic carbocycles. The summed E-state index contributed by atoms with van der Waals surface area (Å²) >= 11 is 6.88. The van der Waals surface area contributed by atoms with E-state index in [1.807, 2.05) is 6.07 Å². The van der Waals surface area contributed by atoms with Crippen molar-refractivity contribution in [2.24, 2.45) is 5.92 Å². The van der Waals surface area contributed by atoms with Crippen molar-refractivity contribution < 1.29 is 15.0 Å². The lowest BCUT2D eigenvalue weighted by molar-refractivity contribution is -0.141. The molecule has 18 heavy (non-hydrogen) atoms. The van der Waals surface area contributed by atoms with Gasteiger partial charge in [-0.2, -0.15) is 5.26 Å². The average Bonchev–Trinajstić information content (AvgIpc) is 2.84. The summed E-state index contributed by atoms with van der Waals surface area (Å²) in [5.41, 5.74) is 0.131. The highest BCUT2D eigenvalue weighted by molar-refractivity contribution is 7.19. The zero-order chi connectivity index (χ0) is 13.3. The Kier molecular flexibility index (Phi) is 3.71. The Balaban J connectivity index is 2.06. The number of aliphatic hydroxyl groups excluding tert-OH is 1. The number of aliphatic carboxylic acids is 1. The Morgan fingerprint density at radius 2 is 2.33 bits per heavy atom. The SMILES string of the molecule is N#Cc1nc(NC2CC(C(=O)O)CC2O)sc1Cl. The Morgan fingerprint density at radius 1 is 1.61 bits per heavy atom. The van der Waals surface area contributed by atoms with Gasteiger partial charge < -0.3 is 15.5 Å². The smallest absolute Gasteiger partial charge is 0.306 e. The predicted octanol–water partition coefficient (Wildman–Crippen LogP) is 1.30. The van der Waals surface area contributed by atoms with Crippen molar-refractivity contribution in [2.75, 3.05) is 5.32 Å². The van der Waals surface area contributed by atoms with Crippen LogP contribution in [-0.4, -0.2) is 33.3 Å². The summed E-state index contributed by atoms with van der Waals surface area (Å²) in [6.45, 7) is 0. The Labute approximate surface area is 112 Å². The molecular weight excluding hydrogens is 278 g/mol. The van der Waals surface area contributed by atoms with Crippen LogP contribution in [0.5, 0.6) is 0 Å². The topological polar surface area (TPSA) is 106 Å². The molecule has 1 aliphatic carbocycles. The van der Waals surface area contributed by atoms with Gasteiger partial charge in [0, 0.05) is 0 Å². The van der Waals surface area contributed by atoms with Gasteiger partial charge in [-0.1, -0.05) is 22.9 Å². The van der Waals surface area contributed by atoms with Crippen LogP contribution in [0.2, 0.25) is 4.34 Å². The van der Waals surface area contributed by atoms with Crippen LogP contribution >= 0.6 is 22.9 Å². The van der Waals surface area contributed by atoms with Crippen LogP contribution in [0.4, 0.5) is 5.13 Å². The van der Waals surface area contributed by atoms with Crippen LogP contribution < -0.4 is 5.32 Å². The van der Waals surface area contributed by atoms with E-state index in [4.69, 9.17) is 22.0 Å². The number of hydrogen-bond donors (Lipinski definition) is 3. The minimum atomic E-state index is -0.909. The first kappa shape index (κ1) is 13.1. The second-order valence-corrected chi connectivity index (χ2v) is 5.68. The van der Waals surface area contributed by atoms with Gasteiger partial charge in [-0.15, -0.1) is 0 Å². The van der Waals surface area contributed by atoms with Crippen LogP contribution in [0.15, 0.2) is 0 Å². The molecule has 2 rings (SSSR count). The molecule has 0 spiro atoms. The van der Waals surface area contributed by atoms with Gasteiger partial charge in [0.1, 0.15) is 10.4 Å². The van der Waals surface area contributed by atoms with E-state index in [0.29, 0.717) is 11.6 Å². The zero-order valence-corrected chi connectivity index (χ0v) is 10.7. The number of carbonyl (C=O) groups is 1. The highest BCUT2D eigenvalue weighted by Crippen LogP contribution is 2.32. The molecule has 1 heterocycles. The molecule has 6 nitrogen and oxygen atoms in total. The van der Waals surface area contributed by atoms with Crippen LogP contribution in [0.25, 0.3) is 0 Å². The molecule has 8 heteroatoms. The fourth-order valence-electron chi connectivity index (χ4n) is 1.96. The second kappa shape index (κ2) is 5.10. The van der Waals surface area contributed by atoms with E-state index < -0.39 is 18.0 Å². The Morgan fingerprint density at radius 3 is 2.83 bits per heavy atom. The first-order valence-electron chi connectivity index (χ1n) is 5.25. The molecule has 3 N–H and O–H groups in total. The number of nitriles is 1. The standard InChI is InChI=1S/C10H10ClN3O3S/c11-8-6(3-12)14-10(18-8)13-5-1-4(9(16)17)2-7(5)15/h4-5,7,15H,1-2H2,(H,13,14)(H,16,17). The molecule has 0 saturated heterocycles. The van der Waals surface area contributed by atoms with Gasteiger partial charge in [0.05, 0.1) is 18.1 Å². The summed E-state index contributed by atoms with van der Waals surface area (Å²) in [6.07, 6.45) is -0.188. The number of carboxylic acid groups (broad SMARTS) is 1. The highest BCUT2D eigenvalue weighted by atomic mass is 35.5. The van der Waals surface area contributed by atoms with E-state index in [2.05, 4.69) is 10.3 Å².